The zero-order valence-electron chi connectivity index (χ0n) is 10.9. The van der Waals surface area contributed by atoms with Crippen molar-refractivity contribution < 1.29 is 4.74 Å². The van der Waals surface area contributed by atoms with E-state index in [4.69, 9.17) is 10.00 Å². The third-order valence-corrected chi connectivity index (χ3v) is 2.77. The second kappa shape index (κ2) is 6.21. The van der Waals surface area contributed by atoms with Crippen molar-refractivity contribution in [3.63, 3.8) is 0 Å². The van der Waals surface area contributed by atoms with E-state index in [2.05, 4.69) is 16.0 Å². The standard InChI is InChI=1S/C13H19N3O/c1-10-8-15-12(11(2)13(10)17-4)9-16(3)7-5-6-14/h8H,5,7,9H2,1-4H3. The minimum atomic E-state index is 0.540. The molecule has 0 amide bonds. The van der Waals surface area contributed by atoms with Crippen molar-refractivity contribution in [2.75, 3.05) is 20.7 Å². The first-order chi connectivity index (χ1) is 8.10. The van der Waals surface area contributed by atoms with Crippen LogP contribution in [0.4, 0.5) is 0 Å². The van der Waals surface area contributed by atoms with E-state index in [-0.39, 0.29) is 0 Å². The summed E-state index contributed by atoms with van der Waals surface area (Å²) in [6, 6.07) is 2.14. The zero-order chi connectivity index (χ0) is 12.8. The molecule has 0 aliphatic heterocycles. The number of methoxy groups -OCH3 is 1. The van der Waals surface area contributed by atoms with Crippen LogP contribution in [0.2, 0.25) is 0 Å². The Kier molecular flexibility index (Phi) is 4.92. The van der Waals surface area contributed by atoms with Gasteiger partial charge >= 0.3 is 0 Å². The topological polar surface area (TPSA) is 49.1 Å². The molecule has 0 spiro atoms. The van der Waals surface area contributed by atoms with E-state index in [1.807, 2.05) is 27.1 Å². The summed E-state index contributed by atoms with van der Waals surface area (Å²) in [5, 5.41) is 8.54. The molecule has 0 radical (unpaired) electrons. The van der Waals surface area contributed by atoms with Gasteiger partial charge in [-0.15, -0.1) is 0 Å². The minimum absolute atomic E-state index is 0.540. The largest absolute Gasteiger partial charge is 0.496 e. The Bertz CT molecular complexity index is 423. The number of hydrogen-bond acceptors (Lipinski definition) is 4. The SMILES string of the molecule is COc1c(C)cnc(CN(C)CCC#N)c1C. The molecule has 0 unspecified atom stereocenters. The molecule has 0 aliphatic rings. The molecular formula is C13H19N3O. The number of pyridine rings is 1. The molecule has 4 heteroatoms. The maximum atomic E-state index is 8.54. The van der Waals surface area contributed by atoms with Gasteiger partial charge in [-0.1, -0.05) is 0 Å². The van der Waals surface area contributed by atoms with Gasteiger partial charge in [-0.05, 0) is 20.9 Å². The summed E-state index contributed by atoms with van der Waals surface area (Å²) in [7, 11) is 3.67. The van der Waals surface area contributed by atoms with Crippen LogP contribution in [0.5, 0.6) is 5.75 Å². The summed E-state index contributed by atoms with van der Waals surface area (Å²) < 4.78 is 5.37. The highest BCUT2D eigenvalue weighted by Gasteiger charge is 2.10. The van der Waals surface area contributed by atoms with Crippen LogP contribution < -0.4 is 4.74 Å². The Morgan fingerprint density at radius 2 is 2.18 bits per heavy atom. The van der Waals surface area contributed by atoms with E-state index in [1.165, 1.54) is 0 Å². The molecule has 1 heterocycles. The van der Waals surface area contributed by atoms with E-state index in [0.29, 0.717) is 6.42 Å². The average molecular weight is 233 g/mol. The Morgan fingerprint density at radius 1 is 1.47 bits per heavy atom. The van der Waals surface area contributed by atoms with Gasteiger partial charge in [-0.3, -0.25) is 9.88 Å². The highest BCUT2D eigenvalue weighted by Crippen LogP contribution is 2.24. The molecule has 4 nitrogen and oxygen atoms in total. The van der Waals surface area contributed by atoms with Crippen LogP contribution in [0.25, 0.3) is 0 Å². The fourth-order valence-corrected chi connectivity index (χ4v) is 1.81. The first kappa shape index (κ1) is 13.5. The molecule has 92 valence electrons. The second-order valence-electron chi connectivity index (χ2n) is 4.19. The van der Waals surface area contributed by atoms with Crippen molar-refractivity contribution in [3.8, 4) is 11.8 Å². The van der Waals surface area contributed by atoms with E-state index in [1.54, 1.807) is 7.11 Å². The molecule has 1 aromatic heterocycles. The van der Waals surface area contributed by atoms with Crippen LogP contribution in [0.15, 0.2) is 6.20 Å². The maximum Gasteiger partial charge on any atom is 0.128 e. The van der Waals surface area contributed by atoms with Gasteiger partial charge in [0.2, 0.25) is 0 Å². The molecule has 0 saturated carbocycles. The lowest BCUT2D eigenvalue weighted by Crippen LogP contribution is -2.20. The molecule has 0 fully saturated rings. The number of nitrogens with zero attached hydrogens (tertiary/aromatic N) is 3. The summed E-state index contributed by atoms with van der Waals surface area (Å²) >= 11 is 0. The van der Waals surface area contributed by atoms with Crippen molar-refractivity contribution in [2.45, 2.75) is 26.8 Å². The van der Waals surface area contributed by atoms with Gasteiger partial charge in [0.15, 0.2) is 0 Å². The van der Waals surface area contributed by atoms with E-state index < -0.39 is 0 Å². The van der Waals surface area contributed by atoms with Crippen molar-refractivity contribution >= 4 is 0 Å². The van der Waals surface area contributed by atoms with Gasteiger partial charge in [-0.2, -0.15) is 5.26 Å². The predicted octanol–water partition coefficient (Wildman–Crippen LogP) is 2.05. The van der Waals surface area contributed by atoms with Gasteiger partial charge in [0, 0.05) is 36.8 Å². The van der Waals surface area contributed by atoms with Crippen LogP contribution in [0, 0.1) is 25.2 Å². The number of aromatic nitrogens is 1. The number of nitriles is 1. The van der Waals surface area contributed by atoms with Gasteiger partial charge < -0.3 is 4.74 Å². The smallest absolute Gasteiger partial charge is 0.128 e. The third kappa shape index (κ3) is 3.43. The quantitative estimate of drug-likeness (QED) is 0.781. The summed E-state index contributed by atoms with van der Waals surface area (Å²) in [6.07, 6.45) is 2.37. The fraction of sp³-hybridized carbons (Fsp3) is 0.538. The number of aryl methyl sites for hydroxylation is 1. The first-order valence-corrected chi connectivity index (χ1v) is 5.64. The second-order valence-corrected chi connectivity index (χ2v) is 4.19. The highest BCUT2D eigenvalue weighted by molar-refractivity contribution is 5.40. The molecule has 0 saturated heterocycles. The normalized spacial score (nSPS) is 10.4. The van der Waals surface area contributed by atoms with Gasteiger partial charge in [0.05, 0.1) is 18.9 Å². The Morgan fingerprint density at radius 3 is 2.76 bits per heavy atom. The van der Waals surface area contributed by atoms with Crippen molar-refractivity contribution in [3.05, 3.63) is 23.0 Å². The lowest BCUT2D eigenvalue weighted by Gasteiger charge is -2.17. The first-order valence-electron chi connectivity index (χ1n) is 5.64. The van der Waals surface area contributed by atoms with Crippen molar-refractivity contribution in [2.24, 2.45) is 0 Å². The van der Waals surface area contributed by atoms with E-state index in [0.717, 1.165) is 35.7 Å². The Labute approximate surface area is 103 Å². The molecule has 0 atom stereocenters. The Hall–Kier alpha value is -1.60. The van der Waals surface area contributed by atoms with E-state index in [9.17, 15) is 0 Å². The van der Waals surface area contributed by atoms with Crippen LogP contribution in [0.3, 0.4) is 0 Å². The summed E-state index contributed by atoms with van der Waals surface area (Å²) in [5.74, 6) is 0.906. The predicted molar refractivity (Wildman–Crippen MR) is 66.8 cm³/mol. The number of hydrogen-bond donors (Lipinski definition) is 0. The maximum absolute atomic E-state index is 8.54. The molecule has 0 aliphatic carbocycles. The highest BCUT2D eigenvalue weighted by atomic mass is 16.5. The lowest BCUT2D eigenvalue weighted by molar-refractivity contribution is 0.328. The zero-order valence-corrected chi connectivity index (χ0v) is 10.9. The monoisotopic (exact) mass is 233 g/mol. The number of rotatable bonds is 5. The van der Waals surface area contributed by atoms with Crippen LogP contribution in [-0.2, 0) is 6.54 Å². The van der Waals surface area contributed by atoms with Crippen LogP contribution in [-0.4, -0.2) is 30.6 Å². The summed E-state index contributed by atoms with van der Waals surface area (Å²) in [4.78, 5) is 6.52. The average Bonchev–Trinajstić information content (AvgIpc) is 2.31. The Balaban J connectivity index is 2.82. The lowest BCUT2D eigenvalue weighted by atomic mass is 10.1. The number of ether oxygens (including phenoxy) is 1. The molecule has 1 rings (SSSR count). The molecule has 17 heavy (non-hydrogen) atoms. The van der Waals surface area contributed by atoms with Crippen LogP contribution in [0.1, 0.15) is 23.2 Å². The van der Waals surface area contributed by atoms with Gasteiger partial charge in [0.25, 0.3) is 0 Å². The fourth-order valence-electron chi connectivity index (χ4n) is 1.81. The molecule has 1 aromatic rings. The van der Waals surface area contributed by atoms with Crippen molar-refractivity contribution in [1.29, 1.82) is 5.26 Å². The minimum Gasteiger partial charge on any atom is -0.496 e. The summed E-state index contributed by atoms with van der Waals surface area (Å²) in [5.41, 5.74) is 3.14. The molecule has 0 aromatic carbocycles. The van der Waals surface area contributed by atoms with Crippen LogP contribution >= 0.6 is 0 Å². The van der Waals surface area contributed by atoms with Crippen molar-refractivity contribution in [1.82, 2.24) is 9.88 Å². The molecule has 0 bridgehead atoms. The van der Waals surface area contributed by atoms with Gasteiger partial charge in [-0.25, -0.2) is 0 Å². The molecule has 0 N–H and O–H groups in total. The van der Waals surface area contributed by atoms with E-state index >= 15 is 0 Å². The summed E-state index contributed by atoms with van der Waals surface area (Å²) in [6.45, 7) is 5.51. The molecular weight excluding hydrogens is 214 g/mol. The third-order valence-electron chi connectivity index (χ3n) is 2.77. The van der Waals surface area contributed by atoms with Gasteiger partial charge in [0.1, 0.15) is 5.75 Å².